The van der Waals surface area contributed by atoms with Crippen LogP contribution in [0.25, 0.3) is 10.9 Å². The van der Waals surface area contributed by atoms with E-state index >= 15 is 0 Å². The summed E-state index contributed by atoms with van der Waals surface area (Å²) in [6, 6.07) is 23.2. The Balaban J connectivity index is 1.46. The van der Waals surface area contributed by atoms with E-state index in [1.54, 1.807) is 18.2 Å². The molecule has 1 N–H and O–H groups in total. The SMILES string of the molecule is Cc1ccccc1Cn1cc(CCC(=O)NCc2ccccc2F)c2ccccc21. The first-order valence-corrected chi connectivity index (χ1v) is 10.2. The Morgan fingerprint density at radius 3 is 2.40 bits per heavy atom. The Morgan fingerprint density at radius 1 is 0.900 bits per heavy atom. The summed E-state index contributed by atoms with van der Waals surface area (Å²) in [6.07, 6.45) is 3.17. The molecule has 0 spiro atoms. The lowest BCUT2D eigenvalue weighted by Crippen LogP contribution is -2.23. The second-order valence-corrected chi connectivity index (χ2v) is 7.59. The second-order valence-electron chi connectivity index (χ2n) is 7.59. The molecule has 3 nitrogen and oxygen atoms in total. The fraction of sp³-hybridized carbons (Fsp3) is 0.192. The van der Waals surface area contributed by atoms with Gasteiger partial charge in [-0.15, -0.1) is 0 Å². The summed E-state index contributed by atoms with van der Waals surface area (Å²) in [7, 11) is 0. The lowest BCUT2D eigenvalue weighted by molar-refractivity contribution is -0.121. The Bertz CT molecular complexity index is 1180. The van der Waals surface area contributed by atoms with Gasteiger partial charge in [0.05, 0.1) is 0 Å². The van der Waals surface area contributed by atoms with Crippen molar-refractivity contribution in [1.29, 1.82) is 0 Å². The molecule has 0 unspecified atom stereocenters. The highest BCUT2D eigenvalue weighted by Gasteiger charge is 2.11. The van der Waals surface area contributed by atoms with Gasteiger partial charge in [0.25, 0.3) is 0 Å². The maximum absolute atomic E-state index is 13.7. The third-order valence-corrected chi connectivity index (χ3v) is 5.53. The molecule has 3 aromatic carbocycles. The van der Waals surface area contributed by atoms with Gasteiger partial charge in [0.15, 0.2) is 0 Å². The quantitative estimate of drug-likeness (QED) is 0.444. The number of benzene rings is 3. The third kappa shape index (κ3) is 4.43. The van der Waals surface area contributed by atoms with Gasteiger partial charge in [-0.3, -0.25) is 4.79 Å². The number of aromatic nitrogens is 1. The Labute approximate surface area is 176 Å². The van der Waals surface area contributed by atoms with Crippen molar-refractivity contribution in [2.75, 3.05) is 0 Å². The molecule has 30 heavy (non-hydrogen) atoms. The van der Waals surface area contributed by atoms with Gasteiger partial charge in [-0.25, -0.2) is 4.39 Å². The molecule has 1 heterocycles. The van der Waals surface area contributed by atoms with E-state index < -0.39 is 0 Å². The van der Waals surface area contributed by atoms with Crippen LogP contribution in [0, 0.1) is 12.7 Å². The minimum Gasteiger partial charge on any atom is -0.352 e. The minimum atomic E-state index is -0.294. The first kappa shape index (κ1) is 19.9. The normalized spacial score (nSPS) is 11.0. The second kappa shape index (κ2) is 8.95. The predicted octanol–water partition coefficient (Wildman–Crippen LogP) is 5.39. The molecule has 4 rings (SSSR count). The number of rotatable bonds is 7. The fourth-order valence-electron chi connectivity index (χ4n) is 3.80. The van der Waals surface area contributed by atoms with Gasteiger partial charge in [-0.1, -0.05) is 60.7 Å². The molecule has 152 valence electrons. The summed E-state index contributed by atoms with van der Waals surface area (Å²) in [5.41, 5.74) is 5.38. The zero-order valence-corrected chi connectivity index (χ0v) is 17.1. The molecule has 0 atom stereocenters. The van der Waals surface area contributed by atoms with E-state index in [9.17, 15) is 9.18 Å². The van der Waals surface area contributed by atoms with Crippen molar-refractivity contribution < 1.29 is 9.18 Å². The smallest absolute Gasteiger partial charge is 0.220 e. The third-order valence-electron chi connectivity index (χ3n) is 5.53. The maximum atomic E-state index is 13.7. The molecular formula is C26H25FN2O. The zero-order valence-electron chi connectivity index (χ0n) is 17.1. The molecule has 1 amide bonds. The maximum Gasteiger partial charge on any atom is 0.220 e. The summed E-state index contributed by atoms with van der Waals surface area (Å²) in [4.78, 5) is 12.3. The molecule has 0 fully saturated rings. The van der Waals surface area contributed by atoms with Crippen molar-refractivity contribution in [3.05, 3.63) is 107 Å². The van der Waals surface area contributed by atoms with Crippen LogP contribution >= 0.6 is 0 Å². The van der Waals surface area contributed by atoms with Crippen LogP contribution in [0.5, 0.6) is 0 Å². The standard InChI is InChI=1S/C26H25FN2O/c1-19-8-2-3-10-21(19)17-29-18-22(23-11-5-7-13-25(23)29)14-15-26(30)28-16-20-9-4-6-12-24(20)27/h2-13,18H,14-17H2,1H3,(H,28,30). The van der Waals surface area contributed by atoms with E-state index in [0.29, 0.717) is 18.4 Å². The first-order valence-electron chi connectivity index (χ1n) is 10.2. The van der Waals surface area contributed by atoms with E-state index in [1.807, 2.05) is 12.1 Å². The molecule has 4 heteroatoms. The number of halogens is 1. The van der Waals surface area contributed by atoms with Gasteiger partial charge in [-0.05, 0) is 42.2 Å². The Kier molecular flexibility index (Phi) is 5.94. The van der Waals surface area contributed by atoms with Crippen LogP contribution in [-0.4, -0.2) is 10.5 Å². The molecule has 1 aromatic heterocycles. The Hall–Kier alpha value is -3.40. The number of para-hydroxylation sites is 1. The molecule has 0 aliphatic rings. The summed E-state index contributed by atoms with van der Waals surface area (Å²) < 4.78 is 16.0. The van der Waals surface area contributed by atoms with Gasteiger partial charge in [0.1, 0.15) is 5.82 Å². The minimum absolute atomic E-state index is 0.0750. The van der Waals surface area contributed by atoms with Crippen molar-refractivity contribution >= 4 is 16.8 Å². The summed E-state index contributed by atoms with van der Waals surface area (Å²) >= 11 is 0. The average Bonchev–Trinajstić information content (AvgIpc) is 3.11. The van der Waals surface area contributed by atoms with Crippen LogP contribution in [0.2, 0.25) is 0 Å². The highest BCUT2D eigenvalue weighted by atomic mass is 19.1. The highest BCUT2D eigenvalue weighted by molar-refractivity contribution is 5.85. The predicted molar refractivity (Wildman–Crippen MR) is 119 cm³/mol. The van der Waals surface area contributed by atoms with Crippen molar-refractivity contribution in [3.8, 4) is 0 Å². The summed E-state index contributed by atoms with van der Waals surface area (Å²) in [6.45, 7) is 3.13. The molecule has 4 aromatic rings. The van der Waals surface area contributed by atoms with Gasteiger partial charge >= 0.3 is 0 Å². The Morgan fingerprint density at radius 2 is 1.60 bits per heavy atom. The average molecular weight is 400 g/mol. The van der Waals surface area contributed by atoms with Gasteiger partial charge in [0, 0.05) is 42.2 Å². The molecular weight excluding hydrogens is 375 g/mol. The first-order chi connectivity index (χ1) is 14.6. The number of nitrogens with zero attached hydrogens (tertiary/aromatic N) is 1. The van der Waals surface area contributed by atoms with E-state index in [4.69, 9.17) is 0 Å². The van der Waals surface area contributed by atoms with Crippen molar-refractivity contribution in [2.24, 2.45) is 0 Å². The van der Waals surface area contributed by atoms with Crippen molar-refractivity contribution in [3.63, 3.8) is 0 Å². The van der Waals surface area contributed by atoms with Crippen LogP contribution in [0.3, 0.4) is 0 Å². The molecule has 0 aliphatic carbocycles. The zero-order chi connectivity index (χ0) is 20.9. The van der Waals surface area contributed by atoms with Gasteiger partial charge < -0.3 is 9.88 Å². The lowest BCUT2D eigenvalue weighted by atomic mass is 10.1. The number of fused-ring (bicyclic) bond motifs is 1. The number of hydrogen-bond donors (Lipinski definition) is 1. The molecule has 0 saturated heterocycles. The largest absolute Gasteiger partial charge is 0.352 e. The summed E-state index contributed by atoms with van der Waals surface area (Å²) in [5, 5.41) is 4.00. The number of nitrogens with one attached hydrogen (secondary N) is 1. The highest BCUT2D eigenvalue weighted by Crippen LogP contribution is 2.24. The van der Waals surface area contributed by atoms with Crippen molar-refractivity contribution in [1.82, 2.24) is 9.88 Å². The van der Waals surface area contributed by atoms with Crippen LogP contribution in [-0.2, 0) is 24.3 Å². The molecule has 0 saturated carbocycles. The number of hydrogen-bond acceptors (Lipinski definition) is 1. The number of amides is 1. The number of carbonyl (C=O) groups is 1. The topological polar surface area (TPSA) is 34.0 Å². The van der Waals surface area contributed by atoms with Gasteiger partial charge in [-0.2, -0.15) is 0 Å². The van der Waals surface area contributed by atoms with Crippen LogP contribution in [0.1, 0.15) is 28.7 Å². The number of carbonyl (C=O) groups excluding carboxylic acids is 1. The van der Waals surface area contributed by atoms with Crippen LogP contribution < -0.4 is 5.32 Å². The van der Waals surface area contributed by atoms with E-state index in [-0.39, 0.29) is 18.3 Å². The van der Waals surface area contributed by atoms with Crippen molar-refractivity contribution in [2.45, 2.75) is 32.9 Å². The van der Waals surface area contributed by atoms with E-state index in [0.717, 1.165) is 12.1 Å². The van der Waals surface area contributed by atoms with Crippen LogP contribution in [0.15, 0.2) is 79.0 Å². The molecule has 0 aliphatic heterocycles. The van der Waals surface area contributed by atoms with Gasteiger partial charge in [0.2, 0.25) is 5.91 Å². The molecule has 0 radical (unpaired) electrons. The molecule has 0 bridgehead atoms. The van der Waals surface area contributed by atoms with E-state index in [1.165, 1.54) is 28.1 Å². The lowest BCUT2D eigenvalue weighted by Gasteiger charge is -2.08. The number of aryl methyl sites for hydroxylation is 2. The summed E-state index contributed by atoms with van der Waals surface area (Å²) in [5.74, 6) is -0.369. The van der Waals surface area contributed by atoms with E-state index in [2.05, 4.69) is 59.4 Å². The monoisotopic (exact) mass is 400 g/mol. The van der Waals surface area contributed by atoms with Crippen LogP contribution in [0.4, 0.5) is 4.39 Å². The fourth-order valence-corrected chi connectivity index (χ4v) is 3.80.